The lowest BCUT2D eigenvalue weighted by molar-refractivity contribution is -0.126. The zero-order valence-electron chi connectivity index (χ0n) is 9.37. The average molecular weight is 228 g/mol. The second kappa shape index (κ2) is 5.45. The summed E-state index contributed by atoms with van der Waals surface area (Å²) in [6.45, 7) is 1.25. The molecule has 1 fully saturated rings. The Bertz CT molecular complexity index is 303. The minimum absolute atomic E-state index is 0.0228. The van der Waals surface area contributed by atoms with E-state index in [4.69, 9.17) is 0 Å². The van der Waals surface area contributed by atoms with Gasteiger partial charge in [-0.15, -0.1) is 0 Å². The molecule has 7 nitrogen and oxygen atoms in total. The molecule has 1 saturated heterocycles. The van der Waals surface area contributed by atoms with E-state index in [0.29, 0.717) is 6.54 Å². The largest absolute Gasteiger partial charge is 0.355 e. The zero-order valence-corrected chi connectivity index (χ0v) is 9.37. The summed E-state index contributed by atoms with van der Waals surface area (Å²) in [5, 5.41) is 7.10. The van der Waals surface area contributed by atoms with Gasteiger partial charge in [0.05, 0.1) is 6.42 Å². The molecular weight excluding hydrogens is 212 g/mol. The van der Waals surface area contributed by atoms with Gasteiger partial charge in [-0.2, -0.15) is 0 Å². The van der Waals surface area contributed by atoms with Crippen molar-refractivity contribution >= 4 is 17.8 Å². The van der Waals surface area contributed by atoms with Crippen LogP contribution >= 0.6 is 0 Å². The van der Waals surface area contributed by atoms with Crippen LogP contribution in [0.3, 0.4) is 0 Å². The second-order valence-electron chi connectivity index (χ2n) is 3.87. The number of nitrogens with zero attached hydrogens (tertiary/aromatic N) is 1. The summed E-state index contributed by atoms with van der Waals surface area (Å²) in [4.78, 5) is 35.2. The molecule has 0 aromatic rings. The third-order valence-corrected chi connectivity index (χ3v) is 2.13. The number of rotatable bonds is 5. The van der Waals surface area contributed by atoms with Crippen LogP contribution in [0.25, 0.3) is 0 Å². The molecule has 7 heteroatoms. The smallest absolute Gasteiger partial charge is 0.322 e. The van der Waals surface area contributed by atoms with Crippen molar-refractivity contribution in [3.63, 3.8) is 0 Å². The molecule has 0 saturated carbocycles. The van der Waals surface area contributed by atoms with Gasteiger partial charge in [-0.25, -0.2) is 4.79 Å². The van der Waals surface area contributed by atoms with E-state index in [0.717, 1.165) is 6.54 Å². The van der Waals surface area contributed by atoms with Gasteiger partial charge in [0, 0.05) is 13.1 Å². The van der Waals surface area contributed by atoms with Crippen LogP contribution in [-0.2, 0) is 9.59 Å². The molecule has 0 radical (unpaired) electrons. The van der Waals surface area contributed by atoms with Crippen molar-refractivity contribution in [2.45, 2.75) is 12.5 Å². The predicted molar refractivity (Wildman–Crippen MR) is 56.6 cm³/mol. The van der Waals surface area contributed by atoms with Gasteiger partial charge in [0.1, 0.15) is 6.04 Å². The quantitative estimate of drug-likeness (QED) is 0.487. The first kappa shape index (κ1) is 12.4. The molecule has 1 aliphatic heterocycles. The topological polar surface area (TPSA) is 90.5 Å². The number of imide groups is 1. The highest BCUT2D eigenvalue weighted by atomic mass is 16.2. The Labute approximate surface area is 93.5 Å². The standard InChI is InChI=1S/C9H16N4O3/c1-13(2)4-3-10-7(14)5-6-8(15)12-9(16)11-6/h6H,3-5H2,1-2H3,(H,10,14)(H2,11,12,15,16). The van der Waals surface area contributed by atoms with E-state index >= 15 is 0 Å². The summed E-state index contributed by atoms with van der Waals surface area (Å²) in [6.07, 6.45) is -0.0228. The number of nitrogens with one attached hydrogen (secondary N) is 3. The van der Waals surface area contributed by atoms with E-state index in [1.165, 1.54) is 0 Å². The Morgan fingerprint density at radius 3 is 2.62 bits per heavy atom. The summed E-state index contributed by atoms with van der Waals surface area (Å²) in [7, 11) is 3.80. The highest BCUT2D eigenvalue weighted by Crippen LogP contribution is 1.98. The molecule has 0 bridgehead atoms. The first-order chi connectivity index (χ1) is 7.49. The molecule has 1 unspecified atom stereocenters. The molecule has 4 amide bonds. The number of amides is 4. The highest BCUT2D eigenvalue weighted by Gasteiger charge is 2.30. The number of carbonyl (C=O) groups excluding carboxylic acids is 3. The van der Waals surface area contributed by atoms with Gasteiger partial charge in [0.2, 0.25) is 5.91 Å². The lowest BCUT2D eigenvalue weighted by atomic mass is 10.2. The number of urea groups is 1. The monoisotopic (exact) mass is 228 g/mol. The lowest BCUT2D eigenvalue weighted by Gasteiger charge is -2.11. The van der Waals surface area contributed by atoms with Crippen molar-refractivity contribution in [1.82, 2.24) is 20.9 Å². The van der Waals surface area contributed by atoms with Crippen LogP contribution in [0.4, 0.5) is 4.79 Å². The number of hydrogen-bond donors (Lipinski definition) is 3. The maximum absolute atomic E-state index is 11.4. The summed E-state index contributed by atoms with van der Waals surface area (Å²) in [5.41, 5.74) is 0. The van der Waals surface area contributed by atoms with Crippen LogP contribution in [0.1, 0.15) is 6.42 Å². The fourth-order valence-corrected chi connectivity index (χ4v) is 1.28. The first-order valence-corrected chi connectivity index (χ1v) is 5.02. The zero-order chi connectivity index (χ0) is 12.1. The van der Waals surface area contributed by atoms with Crippen LogP contribution in [0.5, 0.6) is 0 Å². The fraction of sp³-hybridized carbons (Fsp3) is 0.667. The van der Waals surface area contributed by atoms with Crippen LogP contribution in [0, 0.1) is 0 Å². The van der Waals surface area contributed by atoms with Crippen LogP contribution in [-0.4, -0.2) is 56.0 Å². The molecule has 0 aromatic carbocycles. The molecule has 1 aliphatic rings. The van der Waals surface area contributed by atoms with Crippen molar-refractivity contribution in [1.29, 1.82) is 0 Å². The summed E-state index contributed by atoms with van der Waals surface area (Å²) in [6, 6.07) is -1.29. The number of carbonyl (C=O) groups is 3. The molecule has 16 heavy (non-hydrogen) atoms. The molecule has 3 N–H and O–H groups in total. The van der Waals surface area contributed by atoms with Crippen LogP contribution < -0.4 is 16.0 Å². The Hall–Kier alpha value is -1.63. The second-order valence-corrected chi connectivity index (χ2v) is 3.87. The number of likely N-dealkylation sites (N-methyl/N-ethyl adjacent to an activating group) is 1. The van der Waals surface area contributed by atoms with Gasteiger partial charge in [0.15, 0.2) is 0 Å². The molecule has 0 aliphatic carbocycles. The number of hydrogen-bond acceptors (Lipinski definition) is 4. The van der Waals surface area contributed by atoms with Crippen LogP contribution in [0.2, 0.25) is 0 Å². The van der Waals surface area contributed by atoms with Gasteiger partial charge in [0.25, 0.3) is 5.91 Å². The Morgan fingerprint density at radius 1 is 1.44 bits per heavy atom. The van der Waals surface area contributed by atoms with Crippen LogP contribution in [0.15, 0.2) is 0 Å². The summed E-state index contributed by atoms with van der Waals surface area (Å²) >= 11 is 0. The molecule has 1 rings (SSSR count). The van der Waals surface area contributed by atoms with Gasteiger partial charge in [-0.3, -0.25) is 14.9 Å². The molecular formula is C9H16N4O3. The average Bonchev–Trinajstić information content (AvgIpc) is 2.44. The van der Waals surface area contributed by atoms with E-state index in [9.17, 15) is 14.4 Å². The maximum atomic E-state index is 11.4. The molecule has 90 valence electrons. The van der Waals surface area contributed by atoms with Gasteiger partial charge in [-0.1, -0.05) is 0 Å². The molecule has 1 heterocycles. The van der Waals surface area contributed by atoms with Crippen molar-refractivity contribution in [2.24, 2.45) is 0 Å². The predicted octanol–water partition coefficient (Wildman–Crippen LogP) is -1.74. The first-order valence-electron chi connectivity index (χ1n) is 5.02. The minimum Gasteiger partial charge on any atom is -0.355 e. The fourth-order valence-electron chi connectivity index (χ4n) is 1.28. The third-order valence-electron chi connectivity index (χ3n) is 2.13. The molecule has 1 atom stereocenters. The Morgan fingerprint density at radius 2 is 2.12 bits per heavy atom. The lowest BCUT2D eigenvalue weighted by Crippen LogP contribution is -2.38. The van der Waals surface area contributed by atoms with Crippen molar-refractivity contribution in [3.8, 4) is 0 Å². The van der Waals surface area contributed by atoms with E-state index in [-0.39, 0.29) is 12.3 Å². The van der Waals surface area contributed by atoms with Gasteiger partial charge < -0.3 is 15.5 Å². The Kier molecular flexibility index (Phi) is 4.24. The summed E-state index contributed by atoms with van der Waals surface area (Å²) < 4.78 is 0. The minimum atomic E-state index is -0.744. The van der Waals surface area contributed by atoms with Gasteiger partial charge >= 0.3 is 6.03 Å². The van der Waals surface area contributed by atoms with E-state index in [1.54, 1.807) is 0 Å². The summed E-state index contributed by atoms with van der Waals surface area (Å²) in [5.74, 6) is -0.697. The van der Waals surface area contributed by atoms with Crippen molar-refractivity contribution < 1.29 is 14.4 Å². The normalized spacial score (nSPS) is 19.6. The maximum Gasteiger partial charge on any atom is 0.322 e. The van der Waals surface area contributed by atoms with Crippen molar-refractivity contribution in [3.05, 3.63) is 0 Å². The van der Waals surface area contributed by atoms with Gasteiger partial charge in [-0.05, 0) is 14.1 Å². The molecule has 0 spiro atoms. The molecule has 0 aromatic heterocycles. The van der Waals surface area contributed by atoms with Crippen molar-refractivity contribution in [2.75, 3.05) is 27.2 Å². The SMILES string of the molecule is CN(C)CCNC(=O)CC1NC(=O)NC1=O. The van der Waals surface area contributed by atoms with E-state index in [1.807, 2.05) is 19.0 Å². The Balaban J connectivity index is 2.24. The van der Waals surface area contributed by atoms with E-state index < -0.39 is 18.0 Å². The highest BCUT2D eigenvalue weighted by molar-refractivity contribution is 6.05. The third kappa shape index (κ3) is 3.85. The van der Waals surface area contributed by atoms with E-state index in [2.05, 4.69) is 16.0 Å².